The fraction of sp³-hybridized carbons (Fsp3) is 0.160. The maximum absolute atomic E-state index is 13.9. The summed E-state index contributed by atoms with van der Waals surface area (Å²) in [6, 6.07) is 15.1. The molecule has 0 spiro atoms. The number of nitro groups is 1. The van der Waals surface area contributed by atoms with Gasteiger partial charge in [-0.05, 0) is 30.3 Å². The fourth-order valence-electron chi connectivity index (χ4n) is 3.80. The van der Waals surface area contributed by atoms with Crippen LogP contribution in [0.15, 0.2) is 54.6 Å². The predicted molar refractivity (Wildman–Crippen MR) is 130 cm³/mol. The molecule has 0 N–H and O–H groups in total. The monoisotopic (exact) mass is 479 g/mol. The van der Waals surface area contributed by atoms with Crippen LogP contribution in [-0.4, -0.2) is 39.1 Å². The van der Waals surface area contributed by atoms with Crippen LogP contribution >= 0.6 is 11.3 Å². The quantitative estimate of drug-likeness (QED) is 0.180. The Bertz CT molecular complexity index is 1380. The van der Waals surface area contributed by atoms with Crippen molar-refractivity contribution in [1.29, 1.82) is 0 Å². The molecule has 174 valence electrons. The van der Waals surface area contributed by atoms with Crippen molar-refractivity contribution in [3.05, 3.63) is 75.8 Å². The molecule has 1 heterocycles. The maximum Gasteiger partial charge on any atom is 0.281 e. The zero-order valence-corrected chi connectivity index (χ0v) is 19.7. The minimum Gasteiger partial charge on any atom is -0.497 e. The molecule has 0 aliphatic carbocycles. The summed E-state index contributed by atoms with van der Waals surface area (Å²) in [6.07, 6.45) is 0. The van der Waals surface area contributed by atoms with Gasteiger partial charge in [0.05, 0.1) is 49.9 Å². The number of carbonyl (C=O) groups excluding carboxylic acids is 1. The molecule has 0 aliphatic rings. The highest BCUT2D eigenvalue weighted by Gasteiger charge is 2.28. The van der Waals surface area contributed by atoms with Gasteiger partial charge in [-0.2, -0.15) is 0 Å². The minimum atomic E-state index is -0.476. The molecule has 3 aromatic carbocycles. The number of hydrogen-bond donors (Lipinski definition) is 0. The molecular weight excluding hydrogens is 458 g/mol. The van der Waals surface area contributed by atoms with E-state index in [1.54, 1.807) is 24.3 Å². The number of hydrogen-bond acceptors (Lipinski definition) is 8. The normalized spacial score (nSPS) is 10.7. The third-order valence-electron chi connectivity index (χ3n) is 5.40. The van der Waals surface area contributed by atoms with E-state index < -0.39 is 4.92 Å². The highest BCUT2D eigenvalue weighted by atomic mass is 32.1. The van der Waals surface area contributed by atoms with E-state index in [2.05, 4.69) is 0 Å². The molecule has 9 heteroatoms. The molecule has 0 saturated heterocycles. The summed E-state index contributed by atoms with van der Waals surface area (Å²) in [4.78, 5) is 25.8. The SMILES string of the molecule is COc1ccc(-c2sc3ccccc3c2C(=O)c2cc(OC)c(OC)c(OC)c2)c([N+](=O)[O-])c1. The second-order valence-electron chi connectivity index (χ2n) is 7.19. The lowest BCUT2D eigenvalue weighted by molar-refractivity contribution is -0.384. The van der Waals surface area contributed by atoms with Crippen LogP contribution in [0.25, 0.3) is 20.5 Å². The van der Waals surface area contributed by atoms with Crippen molar-refractivity contribution in [2.75, 3.05) is 28.4 Å². The Morgan fingerprint density at radius 2 is 1.56 bits per heavy atom. The second kappa shape index (κ2) is 9.40. The highest BCUT2D eigenvalue weighted by molar-refractivity contribution is 7.22. The number of methoxy groups -OCH3 is 4. The molecule has 0 saturated carbocycles. The van der Waals surface area contributed by atoms with Crippen LogP contribution in [-0.2, 0) is 0 Å². The largest absolute Gasteiger partial charge is 0.497 e. The first-order valence-electron chi connectivity index (χ1n) is 10.1. The first-order valence-corrected chi connectivity index (χ1v) is 10.9. The van der Waals surface area contributed by atoms with E-state index in [0.717, 1.165) is 4.70 Å². The molecule has 0 amide bonds. The van der Waals surface area contributed by atoms with Crippen molar-refractivity contribution in [3.8, 4) is 33.4 Å². The van der Waals surface area contributed by atoms with E-state index in [-0.39, 0.29) is 11.5 Å². The summed E-state index contributed by atoms with van der Waals surface area (Å²) in [5.41, 5.74) is 0.853. The lowest BCUT2D eigenvalue weighted by Crippen LogP contribution is -2.05. The minimum absolute atomic E-state index is 0.148. The summed E-state index contributed by atoms with van der Waals surface area (Å²) in [7, 11) is 5.86. The Morgan fingerprint density at radius 3 is 2.15 bits per heavy atom. The predicted octanol–water partition coefficient (Wildman–Crippen LogP) is 5.74. The lowest BCUT2D eigenvalue weighted by Gasteiger charge is -2.14. The van der Waals surface area contributed by atoms with Crippen LogP contribution in [0.5, 0.6) is 23.0 Å². The summed E-state index contributed by atoms with van der Waals surface area (Å²) in [5, 5.41) is 12.6. The Labute approximate surface area is 199 Å². The van der Waals surface area contributed by atoms with Crippen molar-refractivity contribution in [3.63, 3.8) is 0 Å². The van der Waals surface area contributed by atoms with Crippen LogP contribution in [0.4, 0.5) is 5.69 Å². The van der Waals surface area contributed by atoms with Gasteiger partial charge in [-0.1, -0.05) is 18.2 Å². The summed E-state index contributed by atoms with van der Waals surface area (Å²) < 4.78 is 22.2. The zero-order valence-electron chi connectivity index (χ0n) is 18.9. The molecular formula is C25H21NO7S. The summed E-state index contributed by atoms with van der Waals surface area (Å²) in [5.74, 6) is 1.07. The Morgan fingerprint density at radius 1 is 0.882 bits per heavy atom. The smallest absolute Gasteiger partial charge is 0.281 e. The molecule has 1 aromatic heterocycles. The molecule has 4 rings (SSSR count). The number of carbonyl (C=O) groups is 1. The number of ketones is 1. The second-order valence-corrected chi connectivity index (χ2v) is 8.24. The molecule has 34 heavy (non-hydrogen) atoms. The molecule has 0 unspecified atom stereocenters. The maximum atomic E-state index is 13.9. The number of benzene rings is 3. The van der Waals surface area contributed by atoms with Crippen LogP contribution in [0.2, 0.25) is 0 Å². The Kier molecular flexibility index (Phi) is 6.38. The number of nitro benzene ring substituents is 1. The molecule has 4 aromatic rings. The molecule has 0 atom stereocenters. The first-order chi connectivity index (χ1) is 16.4. The van der Waals surface area contributed by atoms with E-state index in [9.17, 15) is 14.9 Å². The van der Waals surface area contributed by atoms with Gasteiger partial charge < -0.3 is 18.9 Å². The number of thiophene rings is 1. The average Bonchev–Trinajstić information content (AvgIpc) is 3.26. The van der Waals surface area contributed by atoms with E-state index >= 15 is 0 Å². The van der Waals surface area contributed by atoms with Crippen LogP contribution in [0, 0.1) is 10.1 Å². The van der Waals surface area contributed by atoms with Crippen molar-refractivity contribution in [1.82, 2.24) is 0 Å². The number of ether oxygens (including phenoxy) is 4. The average molecular weight is 480 g/mol. The van der Waals surface area contributed by atoms with Gasteiger partial charge >= 0.3 is 0 Å². The van der Waals surface area contributed by atoms with Crippen molar-refractivity contribution in [2.45, 2.75) is 0 Å². The number of nitrogens with zero attached hydrogens (tertiary/aromatic N) is 1. The zero-order chi connectivity index (χ0) is 24.4. The topological polar surface area (TPSA) is 97.1 Å². The van der Waals surface area contributed by atoms with Crippen molar-refractivity contribution in [2.24, 2.45) is 0 Å². The van der Waals surface area contributed by atoms with E-state index in [0.29, 0.717) is 50.0 Å². The molecule has 0 fully saturated rings. The van der Waals surface area contributed by atoms with Gasteiger partial charge in [0.25, 0.3) is 5.69 Å². The standard InChI is InChI=1S/C25H21NO7S/c1-30-15-9-10-16(18(13-15)26(28)29)25-22(17-7-5-6-8-21(17)34-25)23(27)14-11-19(31-2)24(33-4)20(12-14)32-3/h5-13H,1-4H3. The molecule has 0 aliphatic heterocycles. The highest BCUT2D eigenvalue weighted by Crippen LogP contribution is 2.45. The first kappa shape index (κ1) is 23.1. The van der Waals surface area contributed by atoms with Crippen molar-refractivity contribution < 1.29 is 28.7 Å². The molecule has 0 bridgehead atoms. The van der Waals surface area contributed by atoms with E-state index in [4.69, 9.17) is 18.9 Å². The number of rotatable bonds is 8. The summed E-state index contributed by atoms with van der Waals surface area (Å²) >= 11 is 1.32. The Hall–Kier alpha value is -4.11. The van der Waals surface area contributed by atoms with Crippen LogP contribution < -0.4 is 18.9 Å². The third kappa shape index (κ3) is 3.90. The van der Waals surface area contributed by atoms with Crippen LogP contribution in [0.3, 0.4) is 0 Å². The fourth-order valence-corrected chi connectivity index (χ4v) is 5.03. The van der Waals surface area contributed by atoms with Crippen molar-refractivity contribution >= 4 is 32.9 Å². The van der Waals surface area contributed by atoms with Gasteiger partial charge in [0, 0.05) is 21.2 Å². The molecule has 8 nitrogen and oxygen atoms in total. The van der Waals surface area contributed by atoms with E-state index in [1.165, 1.54) is 45.8 Å². The summed E-state index contributed by atoms with van der Waals surface area (Å²) in [6.45, 7) is 0. The Balaban J connectivity index is 1.99. The number of fused-ring (bicyclic) bond motifs is 1. The van der Waals surface area contributed by atoms with Gasteiger partial charge in [0.15, 0.2) is 17.3 Å². The van der Waals surface area contributed by atoms with Gasteiger partial charge in [0.2, 0.25) is 5.75 Å². The lowest BCUT2D eigenvalue weighted by atomic mass is 9.96. The van der Waals surface area contributed by atoms with Gasteiger partial charge in [-0.15, -0.1) is 11.3 Å². The third-order valence-corrected chi connectivity index (χ3v) is 6.60. The molecule has 0 radical (unpaired) electrons. The van der Waals surface area contributed by atoms with Gasteiger partial charge in [0.1, 0.15) is 5.75 Å². The van der Waals surface area contributed by atoms with E-state index in [1.807, 2.05) is 24.3 Å². The van der Waals surface area contributed by atoms with Gasteiger partial charge in [-0.25, -0.2) is 0 Å². The van der Waals surface area contributed by atoms with Gasteiger partial charge in [-0.3, -0.25) is 14.9 Å². The van der Waals surface area contributed by atoms with Crippen LogP contribution in [0.1, 0.15) is 15.9 Å².